The van der Waals surface area contributed by atoms with Crippen LogP contribution >= 0.6 is 0 Å². The van der Waals surface area contributed by atoms with E-state index in [2.05, 4.69) is 11.4 Å². The normalized spacial score (nSPS) is 16.3. The molecule has 0 aromatic heterocycles. The average molecular weight is 318 g/mol. The predicted molar refractivity (Wildman–Crippen MR) is 94.3 cm³/mol. The first kappa shape index (κ1) is 16.3. The standard InChI is InChI=1S/C21H22N2O/c22-16-21(14-8-3-9-15-21)23-20(24)19(17-10-4-1-5-11-17)18-12-6-2-7-13-18/h1-2,4-7,10-13,19H,3,8-9,14-15H2,(H,23,24). The van der Waals surface area contributed by atoms with Crippen LogP contribution < -0.4 is 5.32 Å². The Labute approximate surface area is 143 Å². The number of rotatable bonds is 4. The first-order valence-electron chi connectivity index (χ1n) is 8.57. The van der Waals surface area contributed by atoms with E-state index in [-0.39, 0.29) is 11.8 Å². The molecule has 2 aromatic carbocycles. The van der Waals surface area contributed by atoms with Gasteiger partial charge in [0.2, 0.25) is 5.91 Å². The Balaban J connectivity index is 1.91. The van der Waals surface area contributed by atoms with Crippen molar-refractivity contribution in [2.75, 3.05) is 0 Å². The molecule has 3 rings (SSSR count). The molecule has 1 amide bonds. The maximum atomic E-state index is 13.1. The summed E-state index contributed by atoms with van der Waals surface area (Å²) in [6, 6.07) is 21.9. The lowest BCUT2D eigenvalue weighted by atomic mass is 9.81. The minimum Gasteiger partial charge on any atom is -0.337 e. The van der Waals surface area contributed by atoms with Gasteiger partial charge in [-0.05, 0) is 24.0 Å². The van der Waals surface area contributed by atoms with Gasteiger partial charge in [0.05, 0.1) is 12.0 Å². The fraction of sp³-hybridized carbons (Fsp3) is 0.333. The molecule has 2 aromatic rings. The van der Waals surface area contributed by atoms with Gasteiger partial charge >= 0.3 is 0 Å². The van der Waals surface area contributed by atoms with Crippen molar-refractivity contribution in [1.29, 1.82) is 5.26 Å². The van der Waals surface area contributed by atoms with Gasteiger partial charge in [0.25, 0.3) is 0 Å². The van der Waals surface area contributed by atoms with Gasteiger partial charge in [-0.1, -0.05) is 79.9 Å². The van der Waals surface area contributed by atoms with Crippen LogP contribution in [0.4, 0.5) is 0 Å². The molecule has 1 aliphatic carbocycles. The van der Waals surface area contributed by atoms with Crippen molar-refractivity contribution in [2.24, 2.45) is 0 Å². The zero-order valence-electron chi connectivity index (χ0n) is 13.7. The number of carbonyl (C=O) groups is 1. The highest BCUT2D eigenvalue weighted by Crippen LogP contribution is 2.30. The highest BCUT2D eigenvalue weighted by molar-refractivity contribution is 5.88. The van der Waals surface area contributed by atoms with Crippen LogP contribution in [0.15, 0.2) is 60.7 Å². The van der Waals surface area contributed by atoms with Gasteiger partial charge in [-0.25, -0.2) is 0 Å². The van der Waals surface area contributed by atoms with Crippen LogP contribution in [0, 0.1) is 11.3 Å². The van der Waals surface area contributed by atoms with E-state index in [1.54, 1.807) is 0 Å². The molecule has 0 aliphatic heterocycles. The number of benzene rings is 2. The summed E-state index contributed by atoms with van der Waals surface area (Å²) in [7, 11) is 0. The molecule has 122 valence electrons. The molecule has 1 saturated carbocycles. The molecule has 0 bridgehead atoms. The minimum absolute atomic E-state index is 0.0872. The summed E-state index contributed by atoms with van der Waals surface area (Å²) in [6.07, 6.45) is 4.61. The monoisotopic (exact) mass is 318 g/mol. The minimum atomic E-state index is -0.711. The van der Waals surface area contributed by atoms with Crippen LogP contribution in [-0.2, 0) is 4.79 Å². The van der Waals surface area contributed by atoms with E-state index >= 15 is 0 Å². The third-order valence-electron chi connectivity index (χ3n) is 4.81. The van der Waals surface area contributed by atoms with Crippen LogP contribution in [0.25, 0.3) is 0 Å². The van der Waals surface area contributed by atoms with E-state index in [1.807, 2.05) is 60.7 Å². The summed E-state index contributed by atoms with van der Waals surface area (Å²) in [5.41, 5.74) is 1.19. The van der Waals surface area contributed by atoms with Crippen LogP contribution in [-0.4, -0.2) is 11.4 Å². The second-order valence-electron chi connectivity index (χ2n) is 6.50. The molecule has 0 atom stereocenters. The van der Waals surface area contributed by atoms with Gasteiger partial charge in [-0.3, -0.25) is 4.79 Å². The molecule has 0 spiro atoms. The van der Waals surface area contributed by atoms with Gasteiger partial charge in [0, 0.05) is 0 Å². The van der Waals surface area contributed by atoms with Crippen molar-refractivity contribution in [1.82, 2.24) is 5.32 Å². The topological polar surface area (TPSA) is 52.9 Å². The lowest BCUT2D eigenvalue weighted by Gasteiger charge is -2.33. The summed E-state index contributed by atoms with van der Waals surface area (Å²) in [6.45, 7) is 0. The molecule has 1 fully saturated rings. The third kappa shape index (κ3) is 3.49. The van der Waals surface area contributed by atoms with Crippen LogP contribution in [0.2, 0.25) is 0 Å². The molecule has 3 nitrogen and oxygen atoms in total. The Kier molecular flexibility index (Phi) is 4.96. The van der Waals surface area contributed by atoms with E-state index < -0.39 is 5.54 Å². The van der Waals surface area contributed by atoms with Gasteiger partial charge in [0.1, 0.15) is 5.54 Å². The smallest absolute Gasteiger partial charge is 0.233 e. The Morgan fingerprint density at radius 1 is 0.917 bits per heavy atom. The lowest BCUT2D eigenvalue weighted by Crippen LogP contribution is -2.50. The maximum absolute atomic E-state index is 13.1. The second-order valence-corrected chi connectivity index (χ2v) is 6.50. The Bertz CT molecular complexity index is 673. The second kappa shape index (κ2) is 7.31. The third-order valence-corrected chi connectivity index (χ3v) is 4.81. The Hall–Kier alpha value is -2.60. The van der Waals surface area contributed by atoms with Crippen LogP contribution in [0.1, 0.15) is 49.1 Å². The quantitative estimate of drug-likeness (QED) is 0.920. The van der Waals surface area contributed by atoms with Crippen LogP contribution in [0.5, 0.6) is 0 Å². The first-order valence-corrected chi connectivity index (χ1v) is 8.57. The van der Waals surface area contributed by atoms with E-state index in [9.17, 15) is 10.1 Å². The van der Waals surface area contributed by atoms with E-state index in [0.29, 0.717) is 0 Å². The SMILES string of the molecule is N#CC1(NC(=O)C(c2ccccc2)c2ccccc2)CCCCC1. The number of nitrogens with zero attached hydrogens (tertiary/aromatic N) is 1. The molecule has 1 N–H and O–H groups in total. The summed E-state index contributed by atoms with van der Waals surface area (Å²) < 4.78 is 0. The number of nitriles is 1. The van der Waals surface area contributed by atoms with Gasteiger partial charge in [-0.15, -0.1) is 0 Å². The van der Waals surface area contributed by atoms with Crippen molar-refractivity contribution in [3.63, 3.8) is 0 Å². The highest BCUT2D eigenvalue weighted by Gasteiger charge is 2.36. The Morgan fingerprint density at radius 3 is 1.88 bits per heavy atom. The average Bonchev–Trinajstić information content (AvgIpc) is 2.64. The van der Waals surface area contributed by atoms with Crippen molar-refractivity contribution in [3.8, 4) is 6.07 Å². The summed E-state index contributed by atoms with van der Waals surface area (Å²) in [4.78, 5) is 13.1. The molecule has 0 heterocycles. The van der Waals surface area contributed by atoms with Crippen molar-refractivity contribution in [2.45, 2.75) is 43.6 Å². The Morgan fingerprint density at radius 2 is 1.42 bits per heavy atom. The molecule has 0 unspecified atom stereocenters. The number of nitrogens with one attached hydrogen (secondary N) is 1. The lowest BCUT2D eigenvalue weighted by molar-refractivity contribution is -0.123. The van der Waals surface area contributed by atoms with Crippen molar-refractivity contribution in [3.05, 3.63) is 71.8 Å². The molecular weight excluding hydrogens is 296 g/mol. The maximum Gasteiger partial charge on any atom is 0.233 e. The summed E-state index contributed by atoms with van der Waals surface area (Å²) >= 11 is 0. The zero-order valence-corrected chi connectivity index (χ0v) is 13.7. The van der Waals surface area contributed by atoms with E-state index in [4.69, 9.17) is 0 Å². The van der Waals surface area contributed by atoms with E-state index in [1.165, 1.54) is 0 Å². The van der Waals surface area contributed by atoms with E-state index in [0.717, 1.165) is 43.2 Å². The van der Waals surface area contributed by atoms with Gasteiger partial charge < -0.3 is 5.32 Å². The van der Waals surface area contributed by atoms with Gasteiger partial charge in [0.15, 0.2) is 0 Å². The number of hydrogen-bond acceptors (Lipinski definition) is 2. The van der Waals surface area contributed by atoms with Gasteiger partial charge in [-0.2, -0.15) is 5.26 Å². The molecule has 24 heavy (non-hydrogen) atoms. The number of carbonyl (C=O) groups excluding carboxylic acids is 1. The molecule has 0 saturated heterocycles. The molecule has 0 radical (unpaired) electrons. The number of amides is 1. The molecular formula is C21H22N2O. The largest absolute Gasteiger partial charge is 0.337 e. The predicted octanol–water partition coefficient (Wildman–Crippen LogP) is 4.16. The van der Waals surface area contributed by atoms with Crippen LogP contribution in [0.3, 0.4) is 0 Å². The summed E-state index contributed by atoms with van der Waals surface area (Å²) in [5, 5.41) is 12.7. The molecule has 3 heteroatoms. The first-order chi connectivity index (χ1) is 11.7. The zero-order chi connectivity index (χ0) is 16.8. The van der Waals surface area contributed by atoms with Crippen molar-refractivity contribution < 1.29 is 4.79 Å². The van der Waals surface area contributed by atoms with Crippen molar-refractivity contribution >= 4 is 5.91 Å². The fourth-order valence-electron chi connectivity index (χ4n) is 3.51. The number of hydrogen-bond donors (Lipinski definition) is 1. The molecule has 1 aliphatic rings. The summed E-state index contributed by atoms with van der Waals surface area (Å²) in [5.74, 6) is -0.476. The highest BCUT2D eigenvalue weighted by atomic mass is 16.2. The fourth-order valence-corrected chi connectivity index (χ4v) is 3.51.